The first-order valence-corrected chi connectivity index (χ1v) is 9.57. The average molecular weight is 357 g/mol. The predicted molar refractivity (Wildman–Crippen MR) is 101 cm³/mol. The summed E-state index contributed by atoms with van der Waals surface area (Å²) < 4.78 is 5.49. The van der Waals surface area contributed by atoms with Gasteiger partial charge in [-0.25, -0.2) is 4.79 Å². The van der Waals surface area contributed by atoms with Crippen LogP contribution >= 0.6 is 11.8 Å². The minimum absolute atomic E-state index is 0.156. The number of ether oxygens (including phenoxy) is 1. The molecule has 2 amide bonds. The lowest BCUT2D eigenvalue weighted by Gasteiger charge is -2.12. The molecule has 1 aliphatic rings. The summed E-state index contributed by atoms with van der Waals surface area (Å²) in [5.41, 5.74) is 1.90. The number of pyridine rings is 1. The standard InChI is InChI=1S/C19H23N3O2S/c23-19(21-14-17-5-3-12-24-17)22-16-6-8-18(9-7-16)25-13-10-15-4-1-2-11-20-15/h1-2,4,6-9,11,17H,3,5,10,12-14H2,(H2,21,22,23). The molecule has 1 atom stereocenters. The normalized spacial score (nSPS) is 16.6. The summed E-state index contributed by atoms with van der Waals surface area (Å²) in [4.78, 5) is 17.4. The first kappa shape index (κ1) is 17.8. The van der Waals surface area contributed by atoms with Gasteiger partial charge in [0.2, 0.25) is 0 Å². The summed E-state index contributed by atoms with van der Waals surface area (Å²) in [7, 11) is 0. The van der Waals surface area contributed by atoms with Gasteiger partial charge in [0.15, 0.2) is 0 Å². The Hall–Kier alpha value is -2.05. The molecular formula is C19H23N3O2S. The molecule has 6 heteroatoms. The van der Waals surface area contributed by atoms with Gasteiger partial charge in [0.1, 0.15) is 0 Å². The van der Waals surface area contributed by atoms with E-state index in [0.29, 0.717) is 6.54 Å². The molecule has 0 aliphatic carbocycles. The molecule has 25 heavy (non-hydrogen) atoms. The van der Waals surface area contributed by atoms with Crippen molar-refractivity contribution in [1.29, 1.82) is 0 Å². The maximum atomic E-state index is 11.9. The molecule has 1 fully saturated rings. The number of amides is 2. The minimum atomic E-state index is -0.189. The van der Waals surface area contributed by atoms with E-state index in [-0.39, 0.29) is 12.1 Å². The fourth-order valence-electron chi connectivity index (χ4n) is 2.64. The van der Waals surface area contributed by atoms with Crippen LogP contribution in [0.15, 0.2) is 53.6 Å². The van der Waals surface area contributed by atoms with Crippen LogP contribution in [0, 0.1) is 0 Å². The monoisotopic (exact) mass is 357 g/mol. The van der Waals surface area contributed by atoms with E-state index >= 15 is 0 Å². The molecule has 1 aliphatic heterocycles. The highest BCUT2D eigenvalue weighted by Gasteiger charge is 2.15. The number of urea groups is 1. The molecule has 3 rings (SSSR count). The van der Waals surface area contributed by atoms with Crippen molar-refractivity contribution in [2.75, 3.05) is 24.2 Å². The van der Waals surface area contributed by atoms with E-state index in [0.717, 1.165) is 43.0 Å². The lowest BCUT2D eigenvalue weighted by molar-refractivity contribution is 0.112. The zero-order valence-electron chi connectivity index (χ0n) is 14.1. The Labute approximate surface area is 152 Å². The Morgan fingerprint density at radius 2 is 2.12 bits per heavy atom. The molecule has 132 valence electrons. The second-order valence-corrected chi connectivity index (χ2v) is 7.08. The summed E-state index contributed by atoms with van der Waals surface area (Å²) in [5.74, 6) is 0.978. The van der Waals surface area contributed by atoms with Gasteiger partial charge in [-0.05, 0) is 55.7 Å². The number of aromatic nitrogens is 1. The van der Waals surface area contributed by atoms with E-state index in [1.165, 1.54) is 4.90 Å². The summed E-state index contributed by atoms with van der Waals surface area (Å²) in [6.45, 7) is 1.36. The van der Waals surface area contributed by atoms with Crippen molar-refractivity contribution in [2.45, 2.75) is 30.3 Å². The van der Waals surface area contributed by atoms with Crippen molar-refractivity contribution in [1.82, 2.24) is 10.3 Å². The second kappa shape index (κ2) is 9.44. The number of carbonyl (C=O) groups is 1. The third kappa shape index (κ3) is 6.07. The number of hydrogen-bond acceptors (Lipinski definition) is 4. The van der Waals surface area contributed by atoms with Crippen LogP contribution in [0.25, 0.3) is 0 Å². The molecule has 5 nitrogen and oxygen atoms in total. The summed E-state index contributed by atoms with van der Waals surface area (Å²) in [6, 6.07) is 13.7. The van der Waals surface area contributed by atoms with Crippen LogP contribution in [0.5, 0.6) is 0 Å². The van der Waals surface area contributed by atoms with Crippen LogP contribution in [0.1, 0.15) is 18.5 Å². The maximum absolute atomic E-state index is 11.9. The molecule has 0 spiro atoms. The molecular weight excluding hydrogens is 334 g/mol. The topological polar surface area (TPSA) is 63.2 Å². The van der Waals surface area contributed by atoms with E-state index in [4.69, 9.17) is 4.74 Å². The number of thioether (sulfide) groups is 1. The highest BCUT2D eigenvalue weighted by Crippen LogP contribution is 2.21. The fourth-order valence-corrected chi connectivity index (χ4v) is 3.52. The Morgan fingerprint density at radius 3 is 2.84 bits per heavy atom. The van der Waals surface area contributed by atoms with Gasteiger partial charge in [-0.2, -0.15) is 0 Å². The molecule has 0 radical (unpaired) electrons. The van der Waals surface area contributed by atoms with Gasteiger partial charge in [-0.1, -0.05) is 6.07 Å². The second-order valence-electron chi connectivity index (χ2n) is 5.91. The van der Waals surface area contributed by atoms with E-state index in [1.807, 2.05) is 48.7 Å². The quantitative estimate of drug-likeness (QED) is 0.742. The number of hydrogen-bond donors (Lipinski definition) is 2. The lowest BCUT2D eigenvalue weighted by Crippen LogP contribution is -2.34. The number of nitrogens with one attached hydrogen (secondary N) is 2. The Morgan fingerprint density at radius 1 is 1.24 bits per heavy atom. The SMILES string of the molecule is O=C(NCC1CCCO1)Nc1ccc(SCCc2ccccn2)cc1. The number of aryl methyl sites for hydroxylation is 1. The Balaban J connectivity index is 1.38. The molecule has 1 saturated heterocycles. The zero-order chi connectivity index (χ0) is 17.3. The van der Waals surface area contributed by atoms with Gasteiger partial charge in [-0.15, -0.1) is 11.8 Å². The van der Waals surface area contributed by atoms with Crippen LogP contribution in [0.3, 0.4) is 0 Å². The summed E-state index contributed by atoms with van der Waals surface area (Å²) >= 11 is 1.79. The third-order valence-corrected chi connectivity index (χ3v) is 4.99. The highest BCUT2D eigenvalue weighted by molar-refractivity contribution is 7.99. The summed E-state index contributed by atoms with van der Waals surface area (Å²) in [5, 5.41) is 5.70. The predicted octanol–water partition coefficient (Wildman–Crippen LogP) is 3.72. The molecule has 2 N–H and O–H groups in total. The largest absolute Gasteiger partial charge is 0.376 e. The zero-order valence-corrected chi connectivity index (χ0v) is 14.9. The van der Waals surface area contributed by atoms with Crippen molar-refractivity contribution in [3.63, 3.8) is 0 Å². The molecule has 2 heterocycles. The number of rotatable bonds is 7. The molecule has 0 bridgehead atoms. The number of nitrogens with zero attached hydrogens (tertiary/aromatic N) is 1. The lowest BCUT2D eigenvalue weighted by atomic mass is 10.2. The van der Waals surface area contributed by atoms with Crippen LogP contribution in [0.4, 0.5) is 10.5 Å². The fraction of sp³-hybridized carbons (Fsp3) is 0.368. The van der Waals surface area contributed by atoms with Crippen molar-refractivity contribution < 1.29 is 9.53 Å². The van der Waals surface area contributed by atoms with Gasteiger partial charge in [-0.3, -0.25) is 4.98 Å². The molecule has 1 aromatic heterocycles. The highest BCUT2D eigenvalue weighted by atomic mass is 32.2. The van der Waals surface area contributed by atoms with Gasteiger partial charge in [0, 0.05) is 41.4 Å². The maximum Gasteiger partial charge on any atom is 0.319 e. The van der Waals surface area contributed by atoms with Crippen LogP contribution in [-0.4, -0.2) is 36.0 Å². The van der Waals surface area contributed by atoms with Gasteiger partial charge in [0.05, 0.1) is 6.10 Å². The van der Waals surface area contributed by atoms with Crippen molar-refractivity contribution in [2.24, 2.45) is 0 Å². The molecule has 0 saturated carbocycles. The molecule has 1 aromatic carbocycles. The van der Waals surface area contributed by atoms with E-state index in [2.05, 4.69) is 15.6 Å². The number of benzene rings is 1. The van der Waals surface area contributed by atoms with Crippen LogP contribution < -0.4 is 10.6 Å². The van der Waals surface area contributed by atoms with E-state index < -0.39 is 0 Å². The number of carbonyl (C=O) groups excluding carboxylic acids is 1. The number of anilines is 1. The van der Waals surface area contributed by atoms with E-state index in [9.17, 15) is 4.79 Å². The van der Waals surface area contributed by atoms with Crippen molar-refractivity contribution in [3.05, 3.63) is 54.4 Å². The first-order valence-electron chi connectivity index (χ1n) is 8.59. The van der Waals surface area contributed by atoms with E-state index in [1.54, 1.807) is 11.8 Å². The minimum Gasteiger partial charge on any atom is -0.376 e. The average Bonchev–Trinajstić information content (AvgIpc) is 3.16. The molecule has 1 unspecified atom stereocenters. The van der Waals surface area contributed by atoms with Gasteiger partial charge < -0.3 is 15.4 Å². The molecule has 2 aromatic rings. The first-order chi connectivity index (χ1) is 12.3. The van der Waals surface area contributed by atoms with Crippen LogP contribution in [0.2, 0.25) is 0 Å². The third-order valence-electron chi connectivity index (χ3n) is 3.98. The van der Waals surface area contributed by atoms with Crippen molar-refractivity contribution in [3.8, 4) is 0 Å². The van der Waals surface area contributed by atoms with Gasteiger partial charge in [0.25, 0.3) is 0 Å². The van der Waals surface area contributed by atoms with Gasteiger partial charge >= 0.3 is 6.03 Å². The Bertz CT molecular complexity index is 658. The smallest absolute Gasteiger partial charge is 0.319 e. The Kier molecular flexibility index (Phi) is 6.71. The van der Waals surface area contributed by atoms with Crippen molar-refractivity contribution >= 4 is 23.5 Å². The summed E-state index contributed by atoms with van der Waals surface area (Å²) in [6.07, 6.45) is 5.02. The van der Waals surface area contributed by atoms with Crippen LogP contribution in [-0.2, 0) is 11.2 Å².